The van der Waals surface area contributed by atoms with Crippen LogP contribution in [0, 0.1) is 0 Å². The van der Waals surface area contributed by atoms with Crippen molar-refractivity contribution < 1.29 is 19.4 Å². The molecule has 3 N–H and O–H groups in total. The second-order valence-corrected chi connectivity index (χ2v) is 3.79. The number of carboxylic acids is 1. The molecule has 0 fully saturated rings. The van der Waals surface area contributed by atoms with Gasteiger partial charge in [-0.25, -0.2) is 0 Å². The predicted molar refractivity (Wildman–Crippen MR) is 59.0 cm³/mol. The summed E-state index contributed by atoms with van der Waals surface area (Å²) < 4.78 is 4.92. The topological polar surface area (TPSA) is 92.9 Å². The molecule has 0 aliphatic rings. The van der Waals surface area contributed by atoms with Crippen molar-refractivity contribution in [1.82, 2.24) is 4.90 Å². The highest BCUT2D eigenvalue weighted by atomic mass is 16.5. The Balaban J connectivity index is 4.15. The van der Waals surface area contributed by atoms with E-state index in [1.54, 1.807) is 14.2 Å². The fourth-order valence-corrected chi connectivity index (χ4v) is 1.23. The maximum atomic E-state index is 11.7. The molecular formula is C10H20N2O4. The maximum Gasteiger partial charge on any atom is 0.303 e. The van der Waals surface area contributed by atoms with Crippen LogP contribution in [0.3, 0.4) is 0 Å². The number of methoxy groups -OCH3 is 1. The first kappa shape index (κ1) is 14.9. The first-order valence-electron chi connectivity index (χ1n) is 5.13. The number of hydrogen-bond acceptors (Lipinski definition) is 4. The number of carboxylic acid groups (broad SMARTS) is 1. The number of likely N-dealkylation sites (N-methyl/N-ethyl adjacent to an activating group) is 1. The average Bonchev–Trinajstić information content (AvgIpc) is 2.23. The number of rotatable bonds is 7. The molecule has 0 spiro atoms. The Morgan fingerprint density at radius 2 is 2.06 bits per heavy atom. The van der Waals surface area contributed by atoms with Crippen LogP contribution in [0.25, 0.3) is 0 Å². The van der Waals surface area contributed by atoms with E-state index in [0.29, 0.717) is 6.61 Å². The van der Waals surface area contributed by atoms with Crippen molar-refractivity contribution in [1.29, 1.82) is 0 Å². The highest BCUT2D eigenvalue weighted by Gasteiger charge is 2.22. The van der Waals surface area contributed by atoms with Gasteiger partial charge in [-0.2, -0.15) is 0 Å². The molecule has 0 rings (SSSR count). The lowest BCUT2D eigenvalue weighted by Gasteiger charge is -2.26. The largest absolute Gasteiger partial charge is 0.481 e. The van der Waals surface area contributed by atoms with Crippen molar-refractivity contribution in [3.63, 3.8) is 0 Å². The van der Waals surface area contributed by atoms with Gasteiger partial charge in [-0.15, -0.1) is 0 Å². The van der Waals surface area contributed by atoms with Crippen molar-refractivity contribution in [2.24, 2.45) is 5.73 Å². The Bertz CT molecular complexity index is 245. The third-order valence-corrected chi connectivity index (χ3v) is 2.40. The van der Waals surface area contributed by atoms with Gasteiger partial charge in [0, 0.05) is 20.6 Å². The van der Waals surface area contributed by atoms with E-state index in [1.807, 2.05) is 6.92 Å². The molecule has 0 bridgehead atoms. The maximum absolute atomic E-state index is 11.7. The molecule has 0 heterocycles. The van der Waals surface area contributed by atoms with Gasteiger partial charge in [0.05, 0.1) is 18.7 Å². The molecule has 0 saturated carbocycles. The fraction of sp³-hybridized carbons (Fsp3) is 0.800. The van der Waals surface area contributed by atoms with Gasteiger partial charge in [-0.3, -0.25) is 9.59 Å². The van der Waals surface area contributed by atoms with Gasteiger partial charge < -0.3 is 20.5 Å². The van der Waals surface area contributed by atoms with Crippen LogP contribution in [0.1, 0.15) is 19.8 Å². The molecule has 0 saturated heterocycles. The first-order valence-corrected chi connectivity index (χ1v) is 5.13. The normalized spacial score (nSPS) is 14.2. The first-order chi connectivity index (χ1) is 7.40. The third kappa shape index (κ3) is 5.09. The number of carbonyl (C=O) groups is 2. The molecule has 2 unspecified atom stereocenters. The number of amides is 1. The number of ether oxygens (including phenoxy) is 1. The van der Waals surface area contributed by atoms with Crippen LogP contribution in [0.2, 0.25) is 0 Å². The van der Waals surface area contributed by atoms with Crippen molar-refractivity contribution in [3.8, 4) is 0 Å². The van der Waals surface area contributed by atoms with E-state index in [2.05, 4.69) is 0 Å². The minimum atomic E-state index is -0.948. The van der Waals surface area contributed by atoms with E-state index in [1.165, 1.54) is 4.90 Å². The Morgan fingerprint density at radius 1 is 1.50 bits per heavy atom. The van der Waals surface area contributed by atoms with Crippen LogP contribution >= 0.6 is 0 Å². The van der Waals surface area contributed by atoms with E-state index in [9.17, 15) is 9.59 Å². The zero-order valence-electron chi connectivity index (χ0n) is 9.97. The smallest absolute Gasteiger partial charge is 0.303 e. The van der Waals surface area contributed by atoms with E-state index in [-0.39, 0.29) is 24.8 Å². The van der Waals surface area contributed by atoms with Gasteiger partial charge >= 0.3 is 5.97 Å². The summed E-state index contributed by atoms with van der Waals surface area (Å²) in [5.41, 5.74) is 5.61. The van der Waals surface area contributed by atoms with E-state index < -0.39 is 12.0 Å². The van der Waals surface area contributed by atoms with Gasteiger partial charge in [-0.1, -0.05) is 0 Å². The predicted octanol–water partition coefficient (Wildman–Crippen LogP) is -0.328. The lowest BCUT2D eigenvalue weighted by atomic mass is 10.1. The summed E-state index contributed by atoms with van der Waals surface area (Å²) in [6, 6.07) is -0.839. The SMILES string of the molecule is COCC(C)N(C)C(=O)C(N)CCC(=O)O. The average molecular weight is 232 g/mol. The van der Waals surface area contributed by atoms with Crippen molar-refractivity contribution >= 4 is 11.9 Å². The van der Waals surface area contributed by atoms with Gasteiger partial charge in [0.2, 0.25) is 5.91 Å². The summed E-state index contributed by atoms with van der Waals surface area (Å²) in [6.07, 6.45) is 0.0532. The quantitative estimate of drug-likeness (QED) is 0.627. The standard InChI is InChI=1S/C10H20N2O4/c1-7(6-16-3)12(2)10(15)8(11)4-5-9(13)14/h7-8H,4-6,11H2,1-3H3,(H,13,14). The fourth-order valence-electron chi connectivity index (χ4n) is 1.23. The Hall–Kier alpha value is -1.14. The highest BCUT2D eigenvalue weighted by Crippen LogP contribution is 2.03. The summed E-state index contributed by atoms with van der Waals surface area (Å²) in [5.74, 6) is -1.21. The monoisotopic (exact) mass is 232 g/mol. The summed E-state index contributed by atoms with van der Waals surface area (Å²) >= 11 is 0. The number of nitrogens with zero attached hydrogens (tertiary/aromatic N) is 1. The molecule has 2 atom stereocenters. The zero-order valence-corrected chi connectivity index (χ0v) is 9.97. The van der Waals surface area contributed by atoms with Crippen molar-refractivity contribution in [3.05, 3.63) is 0 Å². The third-order valence-electron chi connectivity index (χ3n) is 2.40. The summed E-state index contributed by atoms with van der Waals surface area (Å²) in [7, 11) is 3.19. The number of nitrogens with two attached hydrogens (primary N) is 1. The van der Waals surface area contributed by atoms with Crippen LogP contribution in [0.15, 0.2) is 0 Å². The highest BCUT2D eigenvalue weighted by molar-refractivity contribution is 5.82. The molecule has 0 aromatic rings. The van der Waals surface area contributed by atoms with Crippen LogP contribution < -0.4 is 5.73 Å². The van der Waals surface area contributed by atoms with Gasteiger partial charge in [0.25, 0.3) is 0 Å². The van der Waals surface area contributed by atoms with E-state index in [4.69, 9.17) is 15.6 Å². The molecule has 0 aromatic heterocycles. The zero-order chi connectivity index (χ0) is 12.7. The molecular weight excluding hydrogens is 212 g/mol. The van der Waals surface area contributed by atoms with E-state index >= 15 is 0 Å². The van der Waals surface area contributed by atoms with E-state index in [0.717, 1.165) is 0 Å². The second-order valence-electron chi connectivity index (χ2n) is 3.79. The van der Waals surface area contributed by atoms with Crippen molar-refractivity contribution in [2.45, 2.75) is 31.8 Å². The van der Waals surface area contributed by atoms with Crippen LogP contribution in [-0.2, 0) is 14.3 Å². The molecule has 0 aliphatic heterocycles. The molecule has 94 valence electrons. The van der Waals surface area contributed by atoms with Gasteiger partial charge in [-0.05, 0) is 13.3 Å². The molecule has 0 aliphatic carbocycles. The van der Waals surface area contributed by atoms with Crippen LogP contribution in [-0.4, -0.2) is 54.7 Å². The number of aliphatic carboxylic acids is 1. The van der Waals surface area contributed by atoms with Gasteiger partial charge in [0.15, 0.2) is 0 Å². The summed E-state index contributed by atoms with van der Waals surface area (Å²) in [6.45, 7) is 2.26. The molecule has 0 radical (unpaired) electrons. The van der Waals surface area contributed by atoms with Crippen LogP contribution in [0.5, 0.6) is 0 Å². The minimum Gasteiger partial charge on any atom is -0.481 e. The van der Waals surface area contributed by atoms with Gasteiger partial charge in [0.1, 0.15) is 0 Å². The Kier molecular flexibility index (Phi) is 6.67. The summed E-state index contributed by atoms with van der Waals surface area (Å²) in [4.78, 5) is 23.5. The number of carbonyl (C=O) groups excluding carboxylic acids is 1. The second kappa shape index (κ2) is 7.19. The Morgan fingerprint density at radius 3 is 2.50 bits per heavy atom. The lowest BCUT2D eigenvalue weighted by Crippen LogP contribution is -2.47. The van der Waals surface area contributed by atoms with Crippen LogP contribution in [0.4, 0.5) is 0 Å². The summed E-state index contributed by atoms with van der Waals surface area (Å²) in [5, 5.41) is 8.48. The molecule has 6 heteroatoms. The number of hydrogen-bond donors (Lipinski definition) is 2. The Labute approximate surface area is 95.4 Å². The van der Waals surface area contributed by atoms with Crippen molar-refractivity contribution in [2.75, 3.05) is 20.8 Å². The molecule has 6 nitrogen and oxygen atoms in total. The molecule has 16 heavy (non-hydrogen) atoms. The molecule has 0 aromatic carbocycles. The minimum absolute atomic E-state index is 0.0756. The molecule has 1 amide bonds. The lowest BCUT2D eigenvalue weighted by molar-refractivity contribution is -0.138.